The van der Waals surface area contributed by atoms with Crippen LogP contribution in [0.15, 0.2) is 41.8 Å². The summed E-state index contributed by atoms with van der Waals surface area (Å²) in [6, 6.07) is 5.47. The summed E-state index contributed by atoms with van der Waals surface area (Å²) >= 11 is 0. The highest BCUT2D eigenvalue weighted by Crippen LogP contribution is 2.20. The molecule has 1 aromatic heterocycles. The number of hydrogen-bond donors (Lipinski definition) is 0. The lowest BCUT2D eigenvalue weighted by molar-refractivity contribution is 0.101. The number of Topliss-reactive ketones (excluding diaryl/α,β-unsaturated/α-hetero) is 1. The highest BCUT2D eigenvalue weighted by Gasteiger charge is 2.08. The van der Waals surface area contributed by atoms with Crippen molar-refractivity contribution in [2.24, 2.45) is 0 Å². The van der Waals surface area contributed by atoms with Crippen molar-refractivity contribution in [3.8, 4) is 11.9 Å². The van der Waals surface area contributed by atoms with Gasteiger partial charge in [-0.05, 0) is 31.6 Å². The molecule has 0 saturated heterocycles. The minimum absolute atomic E-state index is 0.0208. The van der Waals surface area contributed by atoms with Gasteiger partial charge in [-0.25, -0.2) is 4.98 Å². The third-order valence-corrected chi connectivity index (χ3v) is 2.63. The number of hydrogen-bond acceptors (Lipinski definition) is 4. The van der Waals surface area contributed by atoms with Gasteiger partial charge in [-0.15, -0.1) is 0 Å². The van der Waals surface area contributed by atoms with Crippen LogP contribution in [0.2, 0.25) is 0 Å². The predicted octanol–water partition coefficient (Wildman–Crippen LogP) is 2.79. The average Bonchev–Trinajstić information content (AvgIpc) is 2.40. The Morgan fingerprint density at radius 1 is 1.39 bits per heavy atom. The first-order chi connectivity index (χ1) is 8.69. The molecule has 0 aliphatic heterocycles. The Bertz CT molecular complexity index is 562. The normalized spacial score (nSPS) is 14.2. The molecule has 0 aromatic carbocycles. The van der Waals surface area contributed by atoms with Gasteiger partial charge in [0.1, 0.15) is 5.76 Å². The maximum absolute atomic E-state index is 11.1. The molecule has 0 bridgehead atoms. The molecule has 4 heteroatoms. The molecule has 0 saturated carbocycles. The number of nitriles is 1. The number of ketones is 1. The van der Waals surface area contributed by atoms with Gasteiger partial charge in [-0.2, -0.15) is 5.26 Å². The van der Waals surface area contributed by atoms with E-state index in [4.69, 9.17) is 10.00 Å². The molecule has 0 N–H and O–H groups in total. The summed E-state index contributed by atoms with van der Waals surface area (Å²) in [6.45, 7) is 1.50. The van der Waals surface area contributed by atoms with E-state index >= 15 is 0 Å². The molecule has 0 atom stereocenters. The van der Waals surface area contributed by atoms with Crippen LogP contribution in [0.25, 0.3) is 0 Å². The second kappa shape index (κ2) is 5.28. The SMILES string of the molecule is CC(=O)c1ccc(OC2=CC=C(C#N)CC2)nc1. The van der Waals surface area contributed by atoms with E-state index in [0.717, 1.165) is 11.3 Å². The minimum atomic E-state index is -0.0208. The van der Waals surface area contributed by atoms with Crippen molar-refractivity contribution in [1.82, 2.24) is 4.98 Å². The van der Waals surface area contributed by atoms with Crippen LogP contribution < -0.4 is 4.74 Å². The summed E-state index contributed by atoms with van der Waals surface area (Å²) in [5, 5.41) is 8.72. The zero-order valence-electron chi connectivity index (χ0n) is 10.0. The standard InChI is InChI=1S/C14H12N2O2/c1-10(17)12-4-7-14(16-9-12)18-13-5-2-11(8-15)3-6-13/h2,4-5,7,9H,3,6H2,1H3. The van der Waals surface area contributed by atoms with Crippen LogP contribution in [0.4, 0.5) is 0 Å². The van der Waals surface area contributed by atoms with Crippen molar-refractivity contribution in [1.29, 1.82) is 5.26 Å². The Morgan fingerprint density at radius 3 is 2.72 bits per heavy atom. The van der Waals surface area contributed by atoms with Gasteiger partial charge in [0.15, 0.2) is 5.78 Å². The van der Waals surface area contributed by atoms with Gasteiger partial charge in [-0.3, -0.25) is 4.79 Å². The highest BCUT2D eigenvalue weighted by atomic mass is 16.5. The summed E-state index contributed by atoms with van der Waals surface area (Å²) in [5.41, 5.74) is 1.31. The molecule has 1 aromatic rings. The van der Waals surface area contributed by atoms with Crippen LogP contribution in [-0.2, 0) is 0 Å². The maximum Gasteiger partial charge on any atom is 0.218 e. The third kappa shape index (κ3) is 2.83. The highest BCUT2D eigenvalue weighted by molar-refractivity contribution is 5.93. The lowest BCUT2D eigenvalue weighted by Crippen LogP contribution is -2.02. The van der Waals surface area contributed by atoms with Crippen molar-refractivity contribution < 1.29 is 9.53 Å². The Hall–Kier alpha value is -2.41. The Morgan fingerprint density at radius 2 is 2.22 bits per heavy atom. The number of pyridine rings is 1. The van der Waals surface area contributed by atoms with Gasteiger partial charge < -0.3 is 4.74 Å². The van der Waals surface area contributed by atoms with Crippen molar-refractivity contribution >= 4 is 5.78 Å². The molecule has 1 heterocycles. The molecule has 0 spiro atoms. The fourth-order valence-corrected chi connectivity index (χ4v) is 1.58. The molecule has 18 heavy (non-hydrogen) atoms. The number of carbonyl (C=O) groups excluding carboxylic acids is 1. The van der Waals surface area contributed by atoms with E-state index in [1.807, 2.05) is 0 Å². The van der Waals surface area contributed by atoms with E-state index < -0.39 is 0 Å². The molecular weight excluding hydrogens is 228 g/mol. The van der Waals surface area contributed by atoms with Gasteiger partial charge in [0.2, 0.25) is 5.88 Å². The van der Waals surface area contributed by atoms with Gasteiger partial charge in [-0.1, -0.05) is 0 Å². The van der Waals surface area contributed by atoms with Crippen LogP contribution in [0.1, 0.15) is 30.1 Å². The molecular formula is C14H12N2O2. The Balaban J connectivity index is 2.07. The van der Waals surface area contributed by atoms with Crippen LogP contribution >= 0.6 is 0 Å². The number of rotatable bonds is 3. The summed E-state index contributed by atoms with van der Waals surface area (Å²) < 4.78 is 5.57. The zero-order valence-corrected chi connectivity index (χ0v) is 10.0. The van der Waals surface area contributed by atoms with E-state index in [1.165, 1.54) is 13.1 Å². The molecule has 2 rings (SSSR count). The maximum atomic E-state index is 11.1. The van der Waals surface area contributed by atoms with Crippen LogP contribution in [0, 0.1) is 11.3 Å². The topological polar surface area (TPSA) is 63.0 Å². The molecule has 90 valence electrons. The fraction of sp³-hybridized carbons (Fsp3) is 0.214. The average molecular weight is 240 g/mol. The van der Waals surface area contributed by atoms with E-state index in [9.17, 15) is 4.79 Å². The van der Waals surface area contributed by atoms with E-state index in [1.54, 1.807) is 24.3 Å². The molecule has 1 aliphatic rings. The largest absolute Gasteiger partial charge is 0.443 e. The smallest absolute Gasteiger partial charge is 0.218 e. The lowest BCUT2D eigenvalue weighted by Gasteiger charge is -2.11. The first-order valence-corrected chi connectivity index (χ1v) is 5.63. The van der Waals surface area contributed by atoms with Crippen LogP contribution in [-0.4, -0.2) is 10.8 Å². The van der Waals surface area contributed by atoms with Crippen molar-refractivity contribution in [2.75, 3.05) is 0 Å². The molecule has 0 fully saturated rings. The summed E-state index contributed by atoms with van der Waals surface area (Å²) in [6.07, 6.45) is 6.41. The molecule has 0 unspecified atom stereocenters. The summed E-state index contributed by atoms with van der Waals surface area (Å²) in [7, 11) is 0. The minimum Gasteiger partial charge on any atom is -0.443 e. The number of aromatic nitrogens is 1. The first kappa shape index (κ1) is 12.1. The third-order valence-electron chi connectivity index (χ3n) is 2.63. The molecule has 4 nitrogen and oxygen atoms in total. The monoisotopic (exact) mass is 240 g/mol. The lowest BCUT2D eigenvalue weighted by atomic mass is 10.1. The predicted molar refractivity (Wildman–Crippen MR) is 65.9 cm³/mol. The second-order valence-corrected chi connectivity index (χ2v) is 3.98. The number of allylic oxidation sites excluding steroid dienone is 4. The van der Waals surface area contributed by atoms with Crippen molar-refractivity contribution in [3.05, 3.63) is 47.4 Å². The Kier molecular flexibility index (Phi) is 3.54. The quantitative estimate of drug-likeness (QED) is 0.762. The van der Waals surface area contributed by atoms with Crippen LogP contribution in [0.5, 0.6) is 5.88 Å². The van der Waals surface area contributed by atoms with Gasteiger partial charge in [0, 0.05) is 29.8 Å². The van der Waals surface area contributed by atoms with E-state index in [-0.39, 0.29) is 5.78 Å². The number of ether oxygens (including phenoxy) is 1. The molecule has 0 radical (unpaired) electrons. The van der Waals surface area contributed by atoms with Gasteiger partial charge in [0.05, 0.1) is 6.07 Å². The Labute approximate surface area is 105 Å². The zero-order chi connectivity index (χ0) is 13.0. The van der Waals surface area contributed by atoms with Crippen molar-refractivity contribution in [3.63, 3.8) is 0 Å². The number of nitrogens with zero attached hydrogens (tertiary/aromatic N) is 2. The van der Waals surface area contributed by atoms with Crippen LogP contribution in [0.3, 0.4) is 0 Å². The summed E-state index contributed by atoms with van der Waals surface area (Å²) in [5.74, 6) is 1.21. The first-order valence-electron chi connectivity index (χ1n) is 5.63. The van der Waals surface area contributed by atoms with Gasteiger partial charge in [0.25, 0.3) is 0 Å². The van der Waals surface area contributed by atoms with E-state index in [0.29, 0.717) is 24.3 Å². The van der Waals surface area contributed by atoms with Gasteiger partial charge >= 0.3 is 0 Å². The second-order valence-electron chi connectivity index (χ2n) is 3.98. The van der Waals surface area contributed by atoms with E-state index in [2.05, 4.69) is 11.1 Å². The summed E-state index contributed by atoms with van der Waals surface area (Å²) in [4.78, 5) is 15.1. The number of carbonyl (C=O) groups is 1. The fourth-order valence-electron chi connectivity index (χ4n) is 1.58. The molecule has 1 aliphatic carbocycles. The molecule has 0 amide bonds. The van der Waals surface area contributed by atoms with Crippen molar-refractivity contribution in [2.45, 2.75) is 19.8 Å².